The Balaban J connectivity index is 1.87. The van der Waals surface area contributed by atoms with E-state index < -0.39 is 0 Å². The van der Waals surface area contributed by atoms with E-state index in [1.165, 1.54) is 23.5 Å². The molecule has 4 nitrogen and oxygen atoms in total. The van der Waals surface area contributed by atoms with Gasteiger partial charge in [0.2, 0.25) is 0 Å². The van der Waals surface area contributed by atoms with Crippen LogP contribution in [0.3, 0.4) is 0 Å². The van der Waals surface area contributed by atoms with Crippen molar-refractivity contribution in [3.05, 3.63) is 45.7 Å². The number of amides is 1. The summed E-state index contributed by atoms with van der Waals surface area (Å²) in [5.74, 6) is -0.501. The normalized spacial score (nSPS) is 13.6. The summed E-state index contributed by atoms with van der Waals surface area (Å²) < 4.78 is 13.3. The van der Waals surface area contributed by atoms with Gasteiger partial charge < -0.3 is 10.6 Å². The molecule has 0 saturated heterocycles. The van der Waals surface area contributed by atoms with Crippen LogP contribution in [0.1, 0.15) is 21.1 Å². The van der Waals surface area contributed by atoms with Crippen LogP contribution in [0.2, 0.25) is 0 Å². The zero-order valence-corrected chi connectivity index (χ0v) is 11.6. The van der Waals surface area contributed by atoms with E-state index in [4.69, 9.17) is 5.73 Å². The number of thiazole rings is 1. The van der Waals surface area contributed by atoms with Crippen molar-refractivity contribution in [2.24, 2.45) is 5.73 Å². The summed E-state index contributed by atoms with van der Waals surface area (Å²) in [6.07, 6.45) is 1.42. The number of hydrogen-bond acceptors (Lipinski definition) is 4. The lowest BCUT2D eigenvalue weighted by Crippen LogP contribution is -2.29. The van der Waals surface area contributed by atoms with E-state index in [0.29, 0.717) is 30.9 Å². The number of nitrogens with zero attached hydrogens (tertiary/aromatic N) is 2. The minimum absolute atomic E-state index is 0.172. The molecule has 2 aromatic rings. The lowest BCUT2D eigenvalue weighted by atomic mass is 10.2. The molecule has 1 aliphatic rings. The fourth-order valence-electron chi connectivity index (χ4n) is 2.35. The molecule has 0 unspecified atom stereocenters. The average Bonchev–Trinajstić information content (AvgIpc) is 3.05. The summed E-state index contributed by atoms with van der Waals surface area (Å²) in [5.41, 5.74) is 7.54. The van der Waals surface area contributed by atoms with Crippen LogP contribution in [0.5, 0.6) is 0 Å². The highest BCUT2D eigenvalue weighted by Gasteiger charge is 2.27. The molecule has 0 atom stereocenters. The predicted molar refractivity (Wildman–Crippen MR) is 76.7 cm³/mol. The van der Waals surface area contributed by atoms with Crippen molar-refractivity contribution in [1.29, 1.82) is 0 Å². The summed E-state index contributed by atoms with van der Waals surface area (Å²) in [6.45, 7) is 1.08. The Bertz CT molecular complexity index is 656. The van der Waals surface area contributed by atoms with Gasteiger partial charge in [0.25, 0.3) is 5.91 Å². The topological polar surface area (TPSA) is 59.2 Å². The number of rotatable bonds is 3. The van der Waals surface area contributed by atoms with Gasteiger partial charge in [-0.3, -0.25) is 4.79 Å². The summed E-state index contributed by atoms with van der Waals surface area (Å²) in [5, 5.41) is 2.60. The smallest absolute Gasteiger partial charge is 0.277 e. The molecular formula is C14H14FN3OS. The highest BCUT2D eigenvalue weighted by atomic mass is 32.1. The summed E-state index contributed by atoms with van der Waals surface area (Å²) >= 11 is 1.43. The minimum Gasteiger partial charge on any atom is -0.330 e. The molecule has 1 aromatic heterocycles. The Hall–Kier alpha value is -1.79. The van der Waals surface area contributed by atoms with E-state index >= 15 is 0 Å². The number of carbonyl (C=O) groups is 1. The van der Waals surface area contributed by atoms with Gasteiger partial charge in [0.15, 0.2) is 0 Å². The van der Waals surface area contributed by atoms with Gasteiger partial charge in [0, 0.05) is 18.3 Å². The van der Waals surface area contributed by atoms with E-state index in [1.54, 1.807) is 16.3 Å². The standard InChI is InChI=1S/C14H14FN3OS/c15-10-2-1-9-4-6-18(12(9)7-10)14(19)11-8-20-13(17-11)3-5-16/h1-2,7-8H,3-6,16H2. The SMILES string of the molecule is NCCc1nc(C(=O)N2CCc3ccc(F)cc32)cs1. The van der Waals surface area contributed by atoms with Gasteiger partial charge in [-0.05, 0) is 30.7 Å². The molecule has 2 N–H and O–H groups in total. The first-order valence-corrected chi connectivity index (χ1v) is 7.32. The average molecular weight is 291 g/mol. The monoisotopic (exact) mass is 291 g/mol. The molecule has 1 aliphatic heterocycles. The molecule has 1 aromatic carbocycles. The second-order valence-corrected chi connectivity index (χ2v) is 5.59. The van der Waals surface area contributed by atoms with Crippen molar-refractivity contribution in [1.82, 2.24) is 4.98 Å². The maximum atomic E-state index is 13.3. The molecule has 0 fully saturated rings. The number of fused-ring (bicyclic) bond motifs is 1. The first-order chi connectivity index (χ1) is 9.69. The van der Waals surface area contributed by atoms with Crippen molar-refractivity contribution in [3.63, 3.8) is 0 Å². The molecule has 3 rings (SSSR count). The van der Waals surface area contributed by atoms with E-state index in [1.807, 2.05) is 0 Å². The summed E-state index contributed by atoms with van der Waals surface area (Å²) in [6, 6.07) is 4.57. The van der Waals surface area contributed by atoms with E-state index in [-0.39, 0.29) is 11.7 Å². The van der Waals surface area contributed by atoms with Crippen LogP contribution < -0.4 is 10.6 Å². The third kappa shape index (κ3) is 2.32. The molecule has 1 amide bonds. The molecule has 0 bridgehead atoms. The maximum Gasteiger partial charge on any atom is 0.277 e. The molecule has 6 heteroatoms. The van der Waals surface area contributed by atoms with Gasteiger partial charge >= 0.3 is 0 Å². The summed E-state index contributed by atoms with van der Waals surface area (Å²) in [7, 11) is 0. The quantitative estimate of drug-likeness (QED) is 0.940. The van der Waals surface area contributed by atoms with Gasteiger partial charge in [-0.25, -0.2) is 9.37 Å². The van der Waals surface area contributed by atoms with Gasteiger partial charge in [-0.1, -0.05) is 6.07 Å². The molecule has 0 radical (unpaired) electrons. The molecule has 20 heavy (non-hydrogen) atoms. The van der Waals surface area contributed by atoms with E-state index in [0.717, 1.165) is 17.0 Å². The van der Waals surface area contributed by atoms with Crippen molar-refractivity contribution in [3.8, 4) is 0 Å². The Morgan fingerprint density at radius 1 is 1.50 bits per heavy atom. The van der Waals surface area contributed by atoms with Crippen LogP contribution in [0.25, 0.3) is 0 Å². The molecule has 0 spiro atoms. The molecular weight excluding hydrogens is 277 g/mol. The Kier molecular flexibility index (Phi) is 3.50. The van der Waals surface area contributed by atoms with Crippen LogP contribution in [0.15, 0.2) is 23.6 Å². The largest absolute Gasteiger partial charge is 0.330 e. The van der Waals surface area contributed by atoms with Crippen LogP contribution in [-0.2, 0) is 12.8 Å². The summed E-state index contributed by atoms with van der Waals surface area (Å²) in [4.78, 5) is 18.3. The van der Waals surface area contributed by atoms with Crippen LogP contribution in [-0.4, -0.2) is 24.0 Å². The second kappa shape index (κ2) is 5.30. The lowest BCUT2D eigenvalue weighted by Gasteiger charge is -2.15. The first kappa shape index (κ1) is 13.2. The van der Waals surface area contributed by atoms with Gasteiger partial charge in [-0.15, -0.1) is 11.3 Å². The Morgan fingerprint density at radius 3 is 3.15 bits per heavy atom. The number of carbonyl (C=O) groups excluding carboxylic acids is 1. The highest BCUT2D eigenvalue weighted by molar-refractivity contribution is 7.09. The highest BCUT2D eigenvalue weighted by Crippen LogP contribution is 2.30. The van der Waals surface area contributed by atoms with Crippen molar-refractivity contribution in [2.45, 2.75) is 12.8 Å². The van der Waals surface area contributed by atoms with Crippen molar-refractivity contribution < 1.29 is 9.18 Å². The van der Waals surface area contributed by atoms with E-state index in [9.17, 15) is 9.18 Å². The van der Waals surface area contributed by atoms with Crippen molar-refractivity contribution in [2.75, 3.05) is 18.0 Å². The fraction of sp³-hybridized carbons (Fsp3) is 0.286. The van der Waals surface area contributed by atoms with Crippen LogP contribution >= 0.6 is 11.3 Å². The Morgan fingerprint density at radius 2 is 2.35 bits per heavy atom. The fourth-order valence-corrected chi connectivity index (χ4v) is 3.14. The minimum atomic E-state index is -0.328. The van der Waals surface area contributed by atoms with Gasteiger partial charge in [-0.2, -0.15) is 0 Å². The lowest BCUT2D eigenvalue weighted by molar-refractivity contribution is 0.0985. The number of halogens is 1. The first-order valence-electron chi connectivity index (χ1n) is 6.44. The third-order valence-electron chi connectivity index (χ3n) is 3.32. The predicted octanol–water partition coefficient (Wildman–Crippen LogP) is 1.99. The van der Waals surface area contributed by atoms with Gasteiger partial charge in [0.05, 0.1) is 10.7 Å². The molecule has 104 valence electrons. The number of aromatic nitrogens is 1. The number of anilines is 1. The van der Waals surface area contributed by atoms with E-state index in [2.05, 4.69) is 4.98 Å². The zero-order chi connectivity index (χ0) is 14.1. The molecule has 0 aliphatic carbocycles. The van der Waals surface area contributed by atoms with Crippen LogP contribution in [0.4, 0.5) is 10.1 Å². The van der Waals surface area contributed by atoms with Crippen LogP contribution in [0, 0.1) is 5.82 Å². The third-order valence-corrected chi connectivity index (χ3v) is 4.23. The number of hydrogen-bond donors (Lipinski definition) is 1. The second-order valence-electron chi connectivity index (χ2n) is 4.64. The number of benzene rings is 1. The maximum absolute atomic E-state index is 13.3. The Labute approximate surface area is 120 Å². The molecule has 2 heterocycles. The van der Waals surface area contributed by atoms with Gasteiger partial charge in [0.1, 0.15) is 11.5 Å². The molecule has 0 saturated carbocycles. The zero-order valence-electron chi connectivity index (χ0n) is 10.8. The van der Waals surface area contributed by atoms with Crippen molar-refractivity contribution >= 4 is 22.9 Å². The number of nitrogens with two attached hydrogens (primary N) is 1.